The van der Waals surface area contributed by atoms with Crippen LogP contribution in [-0.4, -0.2) is 116 Å². The number of aliphatic hydroxyl groups is 7. The lowest BCUT2D eigenvalue weighted by molar-refractivity contribution is -0.383. The Hall–Kier alpha value is -1.71. The van der Waals surface area contributed by atoms with Crippen LogP contribution in [0.4, 0.5) is 0 Å². The molecule has 0 aromatic carbocycles. The first-order valence-corrected chi connectivity index (χ1v) is 13.9. The standard InChI is InChI=1S/C28H46O12/c1-2-3-4-5-6-7-8-9-10-11-12-13-14-15-21(31)37-17-20-23(33)26(36)28(18-30,39-20)40-27-25(35)24(34)22(32)19(16-29)38-27/h3-4,6-7,9-10,19-20,22-27,29-30,32-36H,2,5,8,11-18H2,1H3/t19-,20-,22-,23-,24+,25-,26+,27-,28+/m1/s1. The minimum absolute atomic E-state index is 0.162. The van der Waals surface area contributed by atoms with E-state index in [4.69, 9.17) is 18.9 Å². The maximum Gasteiger partial charge on any atom is 0.305 e. The van der Waals surface area contributed by atoms with E-state index in [1.807, 2.05) is 0 Å². The summed E-state index contributed by atoms with van der Waals surface area (Å²) in [5, 5.41) is 70.3. The maximum atomic E-state index is 12.2. The second kappa shape index (κ2) is 18.0. The molecule has 230 valence electrons. The molecular weight excluding hydrogens is 528 g/mol. The number of carbonyl (C=O) groups is 1. The van der Waals surface area contributed by atoms with E-state index in [0.717, 1.165) is 38.5 Å². The Bertz CT molecular complexity index is 815. The molecule has 0 radical (unpaired) electrons. The van der Waals surface area contributed by atoms with E-state index in [0.29, 0.717) is 6.42 Å². The Balaban J connectivity index is 1.71. The van der Waals surface area contributed by atoms with Crippen molar-refractivity contribution in [3.05, 3.63) is 36.5 Å². The quantitative estimate of drug-likeness (QED) is 0.0697. The first-order valence-electron chi connectivity index (χ1n) is 13.9. The SMILES string of the molecule is CCC=CCC=CCC=CCCCCCC(=O)OC[C@H]1O[C@@](CO)(O[C@H]2O[C@H](CO)[C@@H](O)[C@H](O)[C@H]2O)[C@@H](O)[C@@H]1O. The molecule has 2 saturated heterocycles. The van der Waals surface area contributed by atoms with Crippen LogP contribution in [0.1, 0.15) is 58.3 Å². The molecule has 2 heterocycles. The number of aliphatic hydroxyl groups excluding tert-OH is 7. The average Bonchev–Trinajstić information content (AvgIpc) is 3.19. The third-order valence-corrected chi connectivity index (χ3v) is 6.83. The van der Waals surface area contributed by atoms with Gasteiger partial charge in [0.25, 0.3) is 0 Å². The number of hydrogen-bond donors (Lipinski definition) is 7. The van der Waals surface area contributed by atoms with Crippen molar-refractivity contribution in [2.45, 2.75) is 113 Å². The minimum Gasteiger partial charge on any atom is -0.463 e. The van der Waals surface area contributed by atoms with Crippen molar-refractivity contribution in [3.63, 3.8) is 0 Å². The van der Waals surface area contributed by atoms with Crippen molar-refractivity contribution >= 4 is 5.97 Å². The Morgan fingerprint density at radius 1 is 0.825 bits per heavy atom. The first-order chi connectivity index (χ1) is 19.2. The van der Waals surface area contributed by atoms with Gasteiger partial charge in [0.2, 0.25) is 5.79 Å². The number of allylic oxidation sites excluding steroid dienone is 6. The summed E-state index contributed by atoms with van der Waals surface area (Å²) >= 11 is 0. The van der Waals surface area contributed by atoms with E-state index < -0.39 is 80.6 Å². The molecule has 2 fully saturated rings. The molecule has 0 spiro atoms. The highest BCUT2D eigenvalue weighted by Crippen LogP contribution is 2.36. The fourth-order valence-corrected chi connectivity index (χ4v) is 4.40. The lowest BCUT2D eigenvalue weighted by Crippen LogP contribution is -2.62. The van der Waals surface area contributed by atoms with Crippen molar-refractivity contribution in [2.75, 3.05) is 19.8 Å². The van der Waals surface area contributed by atoms with Crippen LogP contribution in [0.5, 0.6) is 0 Å². The molecule has 0 aromatic rings. The number of esters is 1. The van der Waals surface area contributed by atoms with Crippen molar-refractivity contribution in [2.24, 2.45) is 0 Å². The summed E-state index contributed by atoms with van der Waals surface area (Å²) in [5.74, 6) is -2.81. The van der Waals surface area contributed by atoms with Crippen LogP contribution in [0.3, 0.4) is 0 Å². The molecule has 7 N–H and O–H groups in total. The largest absolute Gasteiger partial charge is 0.463 e. The molecule has 2 aliphatic heterocycles. The van der Waals surface area contributed by atoms with Gasteiger partial charge in [-0.05, 0) is 38.5 Å². The van der Waals surface area contributed by atoms with E-state index in [2.05, 4.69) is 43.4 Å². The van der Waals surface area contributed by atoms with Crippen molar-refractivity contribution < 1.29 is 59.5 Å². The van der Waals surface area contributed by atoms with Crippen LogP contribution in [0.15, 0.2) is 36.5 Å². The molecule has 0 unspecified atom stereocenters. The summed E-state index contributed by atoms with van der Waals surface area (Å²) in [6.45, 7) is -0.0337. The molecule has 9 atom stereocenters. The molecule has 0 amide bonds. The molecular formula is C28H46O12. The number of ether oxygens (including phenoxy) is 4. The second-order valence-electron chi connectivity index (χ2n) is 9.95. The summed E-state index contributed by atoms with van der Waals surface area (Å²) < 4.78 is 21.4. The van der Waals surface area contributed by atoms with Gasteiger partial charge in [0.15, 0.2) is 6.29 Å². The van der Waals surface area contributed by atoms with Crippen LogP contribution in [0.25, 0.3) is 0 Å². The van der Waals surface area contributed by atoms with Gasteiger partial charge < -0.3 is 54.7 Å². The molecule has 2 rings (SSSR count). The molecule has 2 aliphatic rings. The van der Waals surface area contributed by atoms with Gasteiger partial charge in [0.1, 0.15) is 55.9 Å². The second-order valence-corrected chi connectivity index (χ2v) is 9.95. The topological polar surface area (TPSA) is 196 Å². The Labute approximate surface area is 235 Å². The highest BCUT2D eigenvalue weighted by molar-refractivity contribution is 5.69. The normalized spacial score (nSPS) is 34.9. The van der Waals surface area contributed by atoms with Crippen LogP contribution in [0, 0.1) is 0 Å². The van der Waals surface area contributed by atoms with Crippen LogP contribution >= 0.6 is 0 Å². The van der Waals surface area contributed by atoms with Gasteiger partial charge in [-0.2, -0.15) is 0 Å². The van der Waals surface area contributed by atoms with Crippen molar-refractivity contribution in [1.82, 2.24) is 0 Å². The first kappa shape index (κ1) is 34.5. The summed E-state index contributed by atoms with van der Waals surface area (Å²) in [4.78, 5) is 12.2. The van der Waals surface area contributed by atoms with E-state index in [-0.39, 0.29) is 6.42 Å². The van der Waals surface area contributed by atoms with Gasteiger partial charge in [-0.15, -0.1) is 0 Å². The maximum absolute atomic E-state index is 12.2. The Morgan fingerprint density at radius 3 is 2.15 bits per heavy atom. The molecule has 0 aromatic heterocycles. The molecule has 0 bridgehead atoms. The summed E-state index contributed by atoms with van der Waals surface area (Å²) in [5.41, 5.74) is 0. The Kier molecular flexibility index (Phi) is 15.5. The van der Waals surface area contributed by atoms with Gasteiger partial charge in [-0.3, -0.25) is 4.79 Å². The number of unbranched alkanes of at least 4 members (excludes halogenated alkanes) is 3. The third kappa shape index (κ3) is 9.98. The molecule has 0 saturated carbocycles. The average molecular weight is 575 g/mol. The molecule has 0 aliphatic carbocycles. The third-order valence-electron chi connectivity index (χ3n) is 6.83. The number of hydrogen-bond acceptors (Lipinski definition) is 12. The van der Waals surface area contributed by atoms with Crippen LogP contribution in [0.2, 0.25) is 0 Å². The highest BCUT2D eigenvalue weighted by atomic mass is 16.8. The monoisotopic (exact) mass is 574 g/mol. The minimum atomic E-state index is -2.29. The van der Waals surface area contributed by atoms with Gasteiger partial charge in [0, 0.05) is 6.42 Å². The zero-order valence-corrected chi connectivity index (χ0v) is 23.0. The van der Waals surface area contributed by atoms with Gasteiger partial charge >= 0.3 is 5.97 Å². The smallest absolute Gasteiger partial charge is 0.305 e. The lowest BCUT2D eigenvalue weighted by atomic mass is 9.99. The fourth-order valence-electron chi connectivity index (χ4n) is 4.40. The molecule has 12 heteroatoms. The van der Waals surface area contributed by atoms with E-state index in [1.165, 1.54) is 0 Å². The highest BCUT2D eigenvalue weighted by Gasteiger charge is 2.58. The van der Waals surface area contributed by atoms with E-state index >= 15 is 0 Å². The molecule has 12 nitrogen and oxygen atoms in total. The fraction of sp³-hybridized carbons (Fsp3) is 0.750. The zero-order valence-electron chi connectivity index (χ0n) is 23.0. The van der Waals surface area contributed by atoms with Gasteiger partial charge in [0.05, 0.1) is 6.61 Å². The van der Waals surface area contributed by atoms with Crippen LogP contribution < -0.4 is 0 Å². The van der Waals surface area contributed by atoms with Crippen LogP contribution in [-0.2, 0) is 23.7 Å². The predicted octanol–water partition coefficient (Wildman–Crippen LogP) is -0.0354. The van der Waals surface area contributed by atoms with Gasteiger partial charge in [-0.1, -0.05) is 49.8 Å². The number of carbonyl (C=O) groups excluding carboxylic acids is 1. The number of rotatable bonds is 17. The summed E-state index contributed by atoms with van der Waals surface area (Å²) in [6, 6.07) is 0. The molecule has 40 heavy (non-hydrogen) atoms. The predicted molar refractivity (Wildman–Crippen MR) is 143 cm³/mol. The summed E-state index contributed by atoms with van der Waals surface area (Å²) in [6.07, 6.45) is 6.13. The van der Waals surface area contributed by atoms with Crippen molar-refractivity contribution in [1.29, 1.82) is 0 Å². The lowest BCUT2D eigenvalue weighted by Gasteiger charge is -2.43. The van der Waals surface area contributed by atoms with E-state index in [1.54, 1.807) is 0 Å². The van der Waals surface area contributed by atoms with Gasteiger partial charge in [-0.25, -0.2) is 0 Å². The van der Waals surface area contributed by atoms with Crippen molar-refractivity contribution in [3.8, 4) is 0 Å². The van der Waals surface area contributed by atoms with E-state index in [9.17, 15) is 40.5 Å². The summed E-state index contributed by atoms with van der Waals surface area (Å²) in [7, 11) is 0. The Morgan fingerprint density at radius 2 is 1.50 bits per heavy atom. The zero-order chi connectivity index (χ0) is 29.5.